The molecular formula is C15H30O4Si. The van der Waals surface area contributed by atoms with Gasteiger partial charge < -0.3 is 13.9 Å². The quantitative estimate of drug-likeness (QED) is 0.577. The molecule has 0 N–H and O–H groups in total. The number of carbonyl (C=O) groups excluding carboxylic acids is 1. The van der Waals surface area contributed by atoms with Crippen LogP contribution in [0.1, 0.15) is 41.0 Å². The molecule has 1 aliphatic rings. The maximum Gasteiger partial charge on any atom is 0.311 e. The Balaban J connectivity index is 2.73. The monoisotopic (exact) mass is 302 g/mol. The molecule has 4 nitrogen and oxygen atoms in total. The molecule has 5 heteroatoms. The largest absolute Gasteiger partial charge is 0.466 e. The molecule has 118 valence electrons. The van der Waals surface area contributed by atoms with Crippen molar-refractivity contribution in [3.05, 3.63) is 0 Å². The highest BCUT2D eigenvalue weighted by atomic mass is 28.4. The molecule has 0 aromatic heterocycles. The fourth-order valence-electron chi connectivity index (χ4n) is 2.15. The second kappa shape index (κ2) is 6.58. The SMILES string of the molecule is CCOC(=O)[C@H](C)[C@H]1OCC[C@@H]1O[Si](C)(C)C(C)(C)C. The van der Waals surface area contributed by atoms with Crippen LogP contribution < -0.4 is 0 Å². The van der Waals surface area contributed by atoms with Gasteiger partial charge in [-0.3, -0.25) is 4.79 Å². The van der Waals surface area contributed by atoms with E-state index >= 15 is 0 Å². The zero-order valence-corrected chi connectivity index (χ0v) is 15.0. The molecule has 1 fully saturated rings. The van der Waals surface area contributed by atoms with Gasteiger partial charge in [0.1, 0.15) is 0 Å². The first-order chi connectivity index (χ1) is 9.10. The summed E-state index contributed by atoms with van der Waals surface area (Å²) in [6.45, 7) is 15.9. The number of carbonyl (C=O) groups is 1. The topological polar surface area (TPSA) is 44.8 Å². The van der Waals surface area contributed by atoms with Gasteiger partial charge in [-0.15, -0.1) is 0 Å². The fraction of sp³-hybridized carbons (Fsp3) is 0.933. The van der Waals surface area contributed by atoms with Gasteiger partial charge in [-0.1, -0.05) is 20.8 Å². The molecule has 0 spiro atoms. The molecule has 1 heterocycles. The number of rotatable bonds is 5. The Labute approximate surface area is 124 Å². The first-order valence-electron chi connectivity index (χ1n) is 7.56. The van der Waals surface area contributed by atoms with Crippen molar-refractivity contribution in [3.63, 3.8) is 0 Å². The zero-order valence-electron chi connectivity index (χ0n) is 14.0. The van der Waals surface area contributed by atoms with Crippen LogP contribution in [0.4, 0.5) is 0 Å². The smallest absolute Gasteiger partial charge is 0.311 e. The third-order valence-electron chi connectivity index (χ3n) is 4.48. The number of esters is 1. The van der Waals surface area contributed by atoms with E-state index in [1.807, 2.05) is 13.8 Å². The molecule has 0 aromatic rings. The average molecular weight is 302 g/mol. The van der Waals surface area contributed by atoms with Crippen LogP contribution in [0.25, 0.3) is 0 Å². The molecule has 0 saturated carbocycles. The Morgan fingerprint density at radius 2 is 2.00 bits per heavy atom. The van der Waals surface area contributed by atoms with Crippen molar-refractivity contribution in [1.82, 2.24) is 0 Å². The van der Waals surface area contributed by atoms with Gasteiger partial charge in [0.25, 0.3) is 0 Å². The number of ether oxygens (including phenoxy) is 2. The molecule has 1 aliphatic heterocycles. The molecule has 0 aromatic carbocycles. The lowest BCUT2D eigenvalue weighted by atomic mass is 10.0. The van der Waals surface area contributed by atoms with Gasteiger partial charge in [-0.2, -0.15) is 0 Å². The van der Waals surface area contributed by atoms with Gasteiger partial charge in [-0.25, -0.2) is 0 Å². The van der Waals surface area contributed by atoms with Gasteiger partial charge in [0.15, 0.2) is 8.32 Å². The molecular weight excluding hydrogens is 272 g/mol. The van der Waals surface area contributed by atoms with Crippen LogP contribution in [0, 0.1) is 5.92 Å². The second-order valence-corrected chi connectivity index (χ2v) is 11.8. The van der Waals surface area contributed by atoms with Gasteiger partial charge in [0.2, 0.25) is 0 Å². The Hall–Kier alpha value is -0.393. The third kappa shape index (κ3) is 4.05. The van der Waals surface area contributed by atoms with Crippen LogP contribution in [0.2, 0.25) is 18.1 Å². The highest BCUT2D eigenvalue weighted by molar-refractivity contribution is 6.74. The van der Waals surface area contributed by atoms with Crippen LogP contribution in [0.5, 0.6) is 0 Å². The van der Waals surface area contributed by atoms with Crippen molar-refractivity contribution in [2.24, 2.45) is 5.92 Å². The first-order valence-corrected chi connectivity index (χ1v) is 10.5. The number of hydrogen-bond acceptors (Lipinski definition) is 4. The molecule has 0 aliphatic carbocycles. The number of hydrogen-bond donors (Lipinski definition) is 0. The van der Waals surface area contributed by atoms with Crippen molar-refractivity contribution >= 4 is 14.3 Å². The van der Waals surface area contributed by atoms with E-state index < -0.39 is 8.32 Å². The minimum atomic E-state index is -1.84. The van der Waals surface area contributed by atoms with Gasteiger partial charge in [-0.05, 0) is 38.4 Å². The standard InChI is InChI=1S/C15H30O4Si/c1-8-17-14(16)11(2)13-12(9-10-18-13)19-20(6,7)15(3,4)5/h11-13H,8-10H2,1-7H3/t11-,12+,13-/m1/s1. The first kappa shape index (κ1) is 17.7. The summed E-state index contributed by atoms with van der Waals surface area (Å²) in [7, 11) is -1.84. The maximum atomic E-state index is 11.9. The Morgan fingerprint density at radius 1 is 1.40 bits per heavy atom. The fourth-order valence-corrected chi connectivity index (χ4v) is 3.51. The van der Waals surface area contributed by atoms with E-state index in [9.17, 15) is 4.79 Å². The van der Waals surface area contributed by atoms with Crippen LogP contribution >= 0.6 is 0 Å². The predicted octanol–water partition coefficient (Wildman–Crippen LogP) is 3.36. The van der Waals surface area contributed by atoms with Crippen molar-refractivity contribution in [1.29, 1.82) is 0 Å². The maximum absolute atomic E-state index is 11.9. The summed E-state index contributed by atoms with van der Waals surface area (Å²) in [5, 5.41) is 0.160. The van der Waals surface area contributed by atoms with Crippen LogP contribution in [-0.4, -0.2) is 39.7 Å². The van der Waals surface area contributed by atoms with E-state index in [1.54, 1.807) is 0 Å². The summed E-state index contributed by atoms with van der Waals surface area (Å²) >= 11 is 0. The summed E-state index contributed by atoms with van der Waals surface area (Å²) in [4.78, 5) is 11.9. The van der Waals surface area contributed by atoms with E-state index in [0.717, 1.165) is 6.42 Å². The van der Waals surface area contributed by atoms with Crippen molar-refractivity contribution in [3.8, 4) is 0 Å². The van der Waals surface area contributed by atoms with Gasteiger partial charge in [0.05, 0.1) is 24.7 Å². The highest BCUT2D eigenvalue weighted by Crippen LogP contribution is 2.39. The molecule has 0 amide bonds. The van der Waals surface area contributed by atoms with E-state index in [0.29, 0.717) is 13.2 Å². The average Bonchev–Trinajstić information content (AvgIpc) is 2.74. The summed E-state index contributed by atoms with van der Waals surface area (Å²) in [6.07, 6.45) is 0.694. The normalized spacial score (nSPS) is 25.6. The molecule has 1 saturated heterocycles. The summed E-state index contributed by atoms with van der Waals surface area (Å²) in [5.41, 5.74) is 0. The second-order valence-electron chi connectivity index (χ2n) is 7.08. The van der Waals surface area contributed by atoms with Gasteiger partial charge >= 0.3 is 5.97 Å². The predicted molar refractivity (Wildman–Crippen MR) is 82.2 cm³/mol. The van der Waals surface area contributed by atoms with E-state index in [-0.39, 0.29) is 29.1 Å². The lowest BCUT2D eigenvalue weighted by Gasteiger charge is -2.40. The summed E-state index contributed by atoms with van der Waals surface area (Å²) in [6, 6.07) is 0. The van der Waals surface area contributed by atoms with Crippen LogP contribution in [0.3, 0.4) is 0 Å². The van der Waals surface area contributed by atoms with Crippen molar-refractivity contribution in [2.45, 2.75) is 71.4 Å². The Morgan fingerprint density at radius 3 is 2.50 bits per heavy atom. The zero-order chi connectivity index (χ0) is 15.6. The summed E-state index contributed by atoms with van der Waals surface area (Å²) in [5.74, 6) is -0.463. The highest BCUT2D eigenvalue weighted by Gasteiger charge is 2.44. The minimum absolute atomic E-state index is 0.00953. The van der Waals surface area contributed by atoms with Crippen molar-refractivity contribution in [2.75, 3.05) is 13.2 Å². The van der Waals surface area contributed by atoms with Gasteiger partial charge in [0, 0.05) is 6.61 Å². The van der Waals surface area contributed by atoms with Crippen molar-refractivity contribution < 1.29 is 18.7 Å². The Kier molecular flexibility index (Phi) is 5.81. The lowest BCUT2D eigenvalue weighted by molar-refractivity contribution is -0.153. The third-order valence-corrected chi connectivity index (χ3v) is 8.99. The lowest BCUT2D eigenvalue weighted by Crippen LogP contribution is -2.47. The van der Waals surface area contributed by atoms with E-state index in [1.165, 1.54) is 0 Å². The molecule has 0 bridgehead atoms. The van der Waals surface area contributed by atoms with Crippen LogP contribution in [0.15, 0.2) is 0 Å². The molecule has 1 rings (SSSR count). The summed E-state index contributed by atoms with van der Waals surface area (Å²) < 4.78 is 17.3. The minimum Gasteiger partial charge on any atom is -0.466 e. The molecule has 0 unspecified atom stereocenters. The molecule has 20 heavy (non-hydrogen) atoms. The Bertz CT molecular complexity index is 335. The van der Waals surface area contributed by atoms with E-state index in [2.05, 4.69) is 33.9 Å². The van der Waals surface area contributed by atoms with Crippen LogP contribution in [-0.2, 0) is 18.7 Å². The molecule has 3 atom stereocenters. The molecule has 0 radical (unpaired) electrons. The van der Waals surface area contributed by atoms with E-state index in [4.69, 9.17) is 13.9 Å².